The fraction of sp³-hybridized carbons (Fsp3) is 0.481. The Labute approximate surface area is 191 Å². The van der Waals surface area contributed by atoms with Crippen LogP contribution in [-0.2, 0) is 0 Å². The number of carbonyl (C=O) groups is 2. The van der Waals surface area contributed by atoms with Crippen LogP contribution in [0.3, 0.4) is 0 Å². The first kappa shape index (κ1) is 22.4. The molecule has 4 rings (SSSR count). The van der Waals surface area contributed by atoms with E-state index in [4.69, 9.17) is 4.74 Å². The SMILES string of the molecule is COc1ccc(C(=O)N2CCC[C@H](c3cccc(C(=O)NC4CCCCCC4)c3)C2)cc1. The Hall–Kier alpha value is -2.82. The molecule has 1 atom stereocenters. The van der Waals surface area contributed by atoms with E-state index in [-0.39, 0.29) is 17.7 Å². The van der Waals surface area contributed by atoms with Crippen LogP contribution in [-0.4, -0.2) is 43.0 Å². The second-order valence-electron chi connectivity index (χ2n) is 9.11. The van der Waals surface area contributed by atoms with E-state index in [9.17, 15) is 9.59 Å². The van der Waals surface area contributed by atoms with Crippen LogP contribution in [0.4, 0.5) is 0 Å². The van der Waals surface area contributed by atoms with Crippen molar-refractivity contribution in [3.05, 3.63) is 65.2 Å². The summed E-state index contributed by atoms with van der Waals surface area (Å²) in [4.78, 5) is 27.8. The molecule has 170 valence electrons. The van der Waals surface area contributed by atoms with E-state index in [1.165, 1.54) is 25.7 Å². The van der Waals surface area contributed by atoms with Gasteiger partial charge < -0.3 is 15.0 Å². The molecule has 32 heavy (non-hydrogen) atoms. The normalized spacial score (nSPS) is 19.8. The Morgan fingerprint density at radius 1 is 0.906 bits per heavy atom. The summed E-state index contributed by atoms with van der Waals surface area (Å²) < 4.78 is 5.20. The molecule has 2 fully saturated rings. The minimum Gasteiger partial charge on any atom is -0.497 e. The second kappa shape index (κ2) is 10.7. The molecule has 2 aromatic rings. The van der Waals surface area contributed by atoms with E-state index in [1.54, 1.807) is 7.11 Å². The van der Waals surface area contributed by atoms with Crippen molar-refractivity contribution < 1.29 is 14.3 Å². The summed E-state index contributed by atoms with van der Waals surface area (Å²) in [5, 5.41) is 3.25. The van der Waals surface area contributed by atoms with E-state index in [0.717, 1.165) is 49.1 Å². The van der Waals surface area contributed by atoms with Crippen LogP contribution in [0.25, 0.3) is 0 Å². The minimum atomic E-state index is 0.0284. The zero-order valence-electron chi connectivity index (χ0n) is 19.0. The number of amides is 2. The van der Waals surface area contributed by atoms with Crippen LogP contribution in [0.1, 0.15) is 83.6 Å². The van der Waals surface area contributed by atoms with Gasteiger partial charge in [0, 0.05) is 36.2 Å². The number of ether oxygens (including phenoxy) is 1. The molecular weight excluding hydrogens is 400 g/mol. The average molecular weight is 435 g/mol. The van der Waals surface area contributed by atoms with Gasteiger partial charge in [-0.05, 0) is 67.6 Å². The first-order chi connectivity index (χ1) is 15.6. The van der Waals surface area contributed by atoms with E-state index >= 15 is 0 Å². The molecule has 2 amide bonds. The minimum absolute atomic E-state index is 0.0284. The molecule has 5 heteroatoms. The number of benzene rings is 2. The molecule has 1 aliphatic carbocycles. The lowest BCUT2D eigenvalue weighted by atomic mass is 9.89. The summed E-state index contributed by atoms with van der Waals surface area (Å²) in [7, 11) is 1.62. The number of hydrogen-bond donors (Lipinski definition) is 1. The van der Waals surface area contributed by atoms with Crippen molar-refractivity contribution in [2.24, 2.45) is 0 Å². The molecule has 2 aromatic carbocycles. The van der Waals surface area contributed by atoms with E-state index < -0.39 is 0 Å². The van der Waals surface area contributed by atoms with Crippen LogP contribution in [0, 0.1) is 0 Å². The van der Waals surface area contributed by atoms with E-state index in [2.05, 4.69) is 11.4 Å². The maximum atomic E-state index is 13.0. The van der Waals surface area contributed by atoms with E-state index in [0.29, 0.717) is 18.2 Å². The van der Waals surface area contributed by atoms with Gasteiger partial charge >= 0.3 is 0 Å². The molecule has 5 nitrogen and oxygen atoms in total. The molecule has 2 aliphatic rings. The lowest BCUT2D eigenvalue weighted by Gasteiger charge is -2.33. The molecule has 0 bridgehead atoms. The number of rotatable bonds is 5. The largest absolute Gasteiger partial charge is 0.497 e. The number of carbonyl (C=O) groups excluding carboxylic acids is 2. The van der Waals surface area contributed by atoms with Gasteiger partial charge in [0.2, 0.25) is 0 Å². The summed E-state index contributed by atoms with van der Waals surface area (Å²) in [5.41, 5.74) is 2.55. The fourth-order valence-corrected chi connectivity index (χ4v) is 4.98. The van der Waals surface area contributed by atoms with Crippen molar-refractivity contribution in [2.45, 2.75) is 63.3 Å². The average Bonchev–Trinajstić information content (AvgIpc) is 3.12. The van der Waals surface area contributed by atoms with Gasteiger partial charge in [0.15, 0.2) is 0 Å². The van der Waals surface area contributed by atoms with Gasteiger partial charge in [-0.1, -0.05) is 37.8 Å². The zero-order valence-corrected chi connectivity index (χ0v) is 19.0. The molecular formula is C27H34N2O3. The topological polar surface area (TPSA) is 58.6 Å². The lowest BCUT2D eigenvalue weighted by molar-refractivity contribution is 0.0706. The number of nitrogens with one attached hydrogen (secondary N) is 1. The summed E-state index contributed by atoms with van der Waals surface area (Å²) in [5.74, 6) is 1.08. The maximum absolute atomic E-state index is 13.0. The highest BCUT2D eigenvalue weighted by Gasteiger charge is 2.26. The van der Waals surface area contributed by atoms with Crippen molar-refractivity contribution in [3.8, 4) is 5.75 Å². The predicted octanol–water partition coefficient (Wildman–Crippen LogP) is 5.17. The van der Waals surface area contributed by atoms with Gasteiger partial charge in [0.25, 0.3) is 11.8 Å². The Kier molecular flexibility index (Phi) is 7.46. The molecule has 0 unspecified atom stereocenters. The smallest absolute Gasteiger partial charge is 0.253 e. The molecule has 1 heterocycles. The Balaban J connectivity index is 1.41. The summed E-state index contributed by atoms with van der Waals surface area (Å²) >= 11 is 0. The monoisotopic (exact) mass is 434 g/mol. The molecule has 1 aliphatic heterocycles. The van der Waals surface area contributed by atoms with Gasteiger partial charge in [-0.3, -0.25) is 9.59 Å². The Morgan fingerprint density at radius 2 is 1.66 bits per heavy atom. The summed E-state index contributed by atoms with van der Waals surface area (Å²) in [6, 6.07) is 15.6. The second-order valence-corrected chi connectivity index (χ2v) is 9.11. The number of piperidine rings is 1. The number of hydrogen-bond acceptors (Lipinski definition) is 3. The molecule has 0 spiro atoms. The van der Waals surface area contributed by atoms with Gasteiger partial charge in [0.1, 0.15) is 5.75 Å². The van der Waals surface area contributed by atoms with Gasteiger partial charge in [-0.15, -0.1) is 0 Å². The molecule has 1 N–H and O–H groups in total. The predicted molar refractivity (Wildman–Crippen MR) is 126 cm³/mol. The quantitative estimate of drug-likeness (QED) is 0.661. The van der Waals surface area contributed by atoms with E-state index in [1.807, 2.05) is 47.4 Å². The number of nitrogens with zero attached hydrogens (tertiary/aromatic N) is 1. The number of likely N-dealkylation sites (tertiary alicyclic amines) is 1. The maximum Gasteiger partial charge on any atom is 0.253 e. The summed E-state index contributed by atoms with van der Waals surface area (Å²) in [6.07, 6.45) is 9.10. The van der Waals surface area contributed by atoms with Crippen molar-refractivity contribution in [1.82, 2.24) is 10.2 Å². The summed E-state index contributed by atoms with van der Waals surface area (Å²) in [6.45, 7) is 1.45. The fourth-order valence-electron chi connectivity index (χ4n) is 4.98. The molecule has 0 aromatic heterocycles. The zero-order chi connectivity index (χ0) is 22.3. The van der Waals surface area contributed by atoms with Gasteiger partial charge in [0.05, 0.1) is 7.11 Å². The lowest BCUT2D eigenvalue weighted by Crippen LogP contribution is -2.39. The van der Waals surface area contributed by atoms with Crippen LogP contribution in [0.2, 0.25) is 0 Å². The third-order valence-electron chi connectivity index (χ3n) is 6.86. The van der Waals surface area contributed by atoms with Crippen LogP contribution >= 0.6 is 0 Å². The third-order valence-corrected chi connectivity index (χ3v) is 6.86. The number of methoxy groups -OCH3 is 1. The first-order valence-corrected chi connectivity index (χ1v) is 12.0. The Morgan fingerprint density at radius 3 is 2.38 bits per heavy atom. The van der Waals surface area contributed by atoms with Crippen LogP contribution in [0.5, 0.6) is 5.75 Å². The highest BCUT2D eigenvalue weighted by molar-refractivity contribution is 5.95. The van der Waals surface area contributed by atoms with Crippen LogP contribution < -0.4 is 10.1 Å². The van der Waals surface area contributed by atoms with Crippen molar-refractivity contribution >= 4 is 11.8 Å². The van der Waals surface area contributed by atoms with Gasteiger partial charge in [-0.25, -0.2) is 0 Å². The first-order valence-electron chi connectivity index (χ1n) is 12.0. The third kappa shape index (κ3) is 5.50. The highest BCUT2D eigenvalue weighted by Crippen LogP contribution is 2.29. The van der Waals surface area contributed by atoms with Gasteiger partial charge in [-0.2, -0.15) is 0 Å². The van der Waals surface area contributed by atoms with Crippen LogP contribution in [0.15, 0.2) is 48.5 Å². The standard InChI is InChI=1S/C27H34N2O3/c1-32-25-15-13-20(14-16-25)27(31)29-17-7-10-23(19-29)21-8-6-9-22(18-21)26(30)28-24-11-4-2-3-5-12-24/h6,8-9,13-16,18,23-24H,2-5,7,10-12,17,19H2,1H3,(H,28,30)/t23-/m0/s1. The molecule has 1 saturated heterocycles. The highest BCUT2D eigenvalue weighted by atomic mass is 16.5. The Bertz CT molecular complexity index is 917. The van der Waals surface area contributed by atoms with Crippen molar-refractivity contribution in [2.75, 3.05) is 20.2 Å². The molecule has 0 radical (unpaired) electrons. The molecule has 1 saturated carbocycles. The van der Waals surface area contributed by atoms with Crippen molar-refractivity contribution in [1.29, 1.82) is 0 Å². The van der Waals surface area contributed by atoms with Crippen molar-refractivity contribution in [3.63, 3.8) is 0 Å².